The highest BCUT2D eigenvalue weighted by Crippen LogP contribution is 2.29. The van der Waals surface area contributed by atoms with Gasteiger partial charge in [0.2, 0.25) is 0 Å². The molecule has 1 aromatic heterocycles. The molecule has 3 heteroatoms. The van der Waals surface area contributed by atoms with Crippen LogP contribution in [0.25, 0.3) is 11.3 Å². The van der Waals surface area contributed by atoms with E-state index in [1.807, 2.05) is 0 Å². The van der Waals surface area contributed by atoms with Crippen molar-refractivity contribution >= 4 is 12.2 Å². The molecule has 0 saturated carbocycles. The Balaban J connectivity index is 2.53. The van der Waals surface area contributed by atoms with E-state index >= 15 is 0 Å². The average molecular weight is 286 g/mol. The molecule has 0 bridgehead atoms. The zero-order valence-corrected chi connectivity index (χ0v) is 13.6. The summed E-state index contributed by atoms with van der Waals surface area (Å²) in [4.78, 5) is 7.46. The maximum atomic E-state index is 5.37. The Bertz CT molecular complexity index is 646. The molecular formula is C17H22N2S. The molecule has 2 rings (SSSR count). The van der Waals surface area contributed by atoms with Crippen molar-refractivity contribution in [3.05, 3.63) is 46.4 Å². The van der Waals surface area contributed by atoms with Crippen LogP contribution in [0.15, 0.2) is 30.6 Å². The van der Waals surface area contributed by atoms with Crippen molar-refractivity contribution in [2.45, 2.75) is 46.0 Å². The van der Waals surface area contributed by atoms with E-state index in [0.29, 0.717) is 10.6 Å². The third-order valence-corrected chi connectivity index (χ3v) is 3.83. The van der Waals surface area contributed by atoms with Gasteiger partial charge in [-0.2, -0.15) is 0 Å². The van der Waals surface area contributed by atoms with E-state index < -0.39 is 0 Å². The number of aromatic nitrogens is 2. The molecule has 0 atom stereocenters. The van der Waals surface area contributed by atoms with Crippen molar-refractivity contribution in [2.24, 2.45) is 0 Å². The van der Waals surface area contributed by atoms with Crippen LogP contribution < -0.4 is 0 Å². The molecule has 0 radical (unpaired) electrons. The average Bonchev–Trinajstić information content (AvgIpc) is 2.37. The molecule has 0 saturated heterocycles. The second-order valence-corrected chi connectivity index (χ2v) is 6.87. The topological polar surface area (TPSA) is 28.7 Å². The van der Waals surface area contributed by atoms with E-state index in [1.54, 1.807) is 6.33 Å². The van der Waals surface area contributed by atoms with Crippen molar-refractivity contribution < 1.29 is 0 Å². The third-order valence-electron chi connectivity index (χ3n) is 3.51. The van der Waals surface area contributed by atoms with Crippen LogP contribution in [0.3, 0.4) is 0 Å². The molecule has 2 aromatic rings. The predicted molar refractivity (Wildman–Crippen MR) is 87.6 cm³/mol. The summed E-state index contributed by atoms with van der Waals surface area (Å²) in [7, 11) is 0. The normalized spacial score (nSPS) is 11.9. The van der Waals surface area contributed by atoms with Crippen molar-refractivity contribution in [2.75, 3.05) is 0 Å². The minimum absolute atomic E-state index is 0.171. The Kier molecular flexibility index (Phi) is 4.09. The van der Waals surface area contributed by atoms with Crippen LogP contribution in [0, 0.1) is 4.64 Å². The van der Waals surface area contributed by atoms with Crippen LogP contribution in [0.4, 0.5) is 0 Å². The summed E-state index contributed by atoms with van der Waals surface area (Å²) in [5.41, 5.74) is 4.87. The quantitative estimate of drug-likeness (QED) is 0.766. The highest BCUT2D eigenvalue weighted by Gasteiger charge is 2.15. The first-order valence-corrected chi connectivity index (χ1v) is 7.40. The summed E-state index contributed by atoms with van der Waals surface area (Å²) in [6, 6.07) is 8.70. The molecule has 106 valence electrons. The monoisotopic (exact) mass is 286 g/mol. The first-order valence-electron chi connectivity index (χ1n) is 6.99. The zero-order valence-electron chi connectivity index (χ0n) is 12.8. The third kappa shape index (κ3) is 2.98. The molecule has 1 aromatic carbocycles. The fourth-order valence-corrected chi connectivity index (χ4v) is 2.71. The number of hydrogen-bond donors (Lipinski definition) is 1. The molecule has 0 amide bonds. The van der Waals surface area contributed by atoms with Gasteiger partial charge in [-0.15, -0.1) is 0 Å². The van der Waals surface area contributed by atoms with Crippen LogP contribution >= 0.6 is 12.2 Å². The molecular weight excluding hydrogens is 264 g/mol. The van der Waals surface area contributed by atoms with Gasteiger partial charge in [-0.05, 0) is 22.5 Å². The lowest BCUT2D eigenvalue weighted by atomic mass is 9.86. The summed E-state index contributed by atoms with van der Waals surface area (Å²) < 4.78 is 0.689. The number of benzene rings is 1. The second kappa shape index (κ2) is 5.49. The maximum Gasteiger partial charge on any atom is 0.133 e. The van der Waals surface area contributed by atoms with Gasteiger partial charge in [-0.3, -0.25) is 0 Å². The van der Waals surface area contributed by atoms with Crippen LogP contribution in [0.2, 0.25) is 0 Å². The molecule has 0 aliphatic carbocycles. The number of rotatable bonds is 2. The van der Waals surface area contributed by atoms with E-state index in [4.69, 9.17) is 12.2 Å². The molecule has 0 spiro atoms. The highest BCUT2D eigenvalue weighted by atomic mass is 32.1. The number of H-pyrrole nitrogens is 1. The number of aromatic amines is 1. The van der Waals surface area contributed by atoms with Gasteiger partial charge in [0.1, 0.15) is 4.64 Å². The van der Waals surface area contributed by atoms with Crippen LogP contribution in [-0.2, 0) is 5.41 Å². The van der Waals surface area contributed by atoms with Crippen LogP contribution in [-0.4, -0.2) is 9.97 Å². The minimum atomic E-state index is 0.171. The lowest BCUT2D eigenvalue weighted by molar-refractivity contribution is 0.590. The first-order chi connectivity index (χ1) is 9.30. The fourth-order valence-electron chi connectivity index (χ4n) is 2.32. The predicted octanol–water partition coefficient (Wildman–Crippen LogP) is 5.23. The molecule has 0 aliphatic rings. The van der Waals surface area contributed by atoms with Crippen LogP contribution in [0.5, 0.6) is 0 Å². The largest absolute Gasteiger partial charge is 0.346 e. The summed E-state index contributed by atoms with van der Waals surface area (Å²) in [6.07, 6.45) is 1.68. The summed E-state index contributed by atoms with van der Waals surface area (Å²) >= 11 is 5.37. The Morgan fingerprint density at radius 2 is 1.70 bits per heavy atom. The fraction of sp³-hybridized carbons (Fsp3) is 0.412. The zero-order chi connectivity index (χ0) is 14.9. The Labute approximate surface area is 126 Å². The Morgan fingerprint density at radius 1 is 1.10 bits per heavy atom. The molecule has 20 heavy (non-hydrogen) atoms. The number of nitrogens with one attached hydrogen (secondary N) is 1. The first kappa shape index (κ1) is 14.9. The van der Waals surface area contributed by atoms with E-state index in [-0.39, 0.29) is 5.41 Å². The van der Waals surface area contributed by atoms with Gasteiger partial charge in [0.25, 0.3) is 0 Å². The number of hydrogen-bond acceptors (Lipinski definition) is 2. The molecule has 0 unspecified atom stereocenters. The van der Waals surface area contributed by atoms with Crippen molar-refractivity contribution in [1.82, 2.24) is 9.97 Å². The smallest absolute Gasteiger partial charge is 0.133 e. The van der Waals surface area contributed by atoms with Gasteiger partial charge < -0.3 is 4.98 Å². The molecule has 0 fully saturated rings. The molecule has 1 heterocycles. The van der Waals surface area contributed by atoms with E-state index in [2.05, 4.69) is 68.9 Å². The summed E-state index contributed by atoms with van der Waals surface area (Å²) in [6.45, 7) is 11.0. The van der Waals surface area contributed by atoms with E-state index in [1.165, 1.54) is 5.56 Å². The maximum absolute atomic E-state index is 5.37. The Morgan fingerprint density at radius 3 is 2.20 bits per heavy atom. The second-order valence-electron chi connectivity index (χ2n) is 6.48. The van der Waals surface area contributed by atoms with E-state index in [0.717, 1.165) is 16.8 Å². The number of nitrogens with zero attached hydrogens (tertiary/aromatic N) is 1. The van der Waals surface area contributed by atoms with Crippen molar-refractivity contribution in [3.63, 3.8) is 0 Å². The van der Waals surface area contributed by atoms with E-state index in [9.17, 15) is 0 Å². The summed E-state index contributed by atoms with van der Waals surface area (Å²) in [5.74, 6) is 0.352. The lowest BCUT2D eigenvalue weighted by Gasteiger charge is -2.19. The van der Waals surface area contributed by atoms with Gasteiger partial charge in [0, 0.05) is 5.56 Å². The van der Waals surface area contributed by atoms with Gasteiger partial charge >= 0.3 is 0 Å². The van der Waals surface area contributed by atoms with Gasteiger partial charge in [0.15, 0.2) is 0 Å². The molecule has 0 aliphatic heterocycles. The Hall–Kier alpha value is -1.48. The van der Waals surface area contributed by atoms with Crippen molar-refractivity contribution in [1.29, 1.82) is 0 Å². The minimum Gasteiger partial charge on any atom is -0.346 e. The van der Waals surface area contributed by atoms with Crippen LogP contribution in [0.1, 0.15) is 51.7 Å². The van der Waals surface area contributed by atoms with Crippen molar-refractivity contribution in [3.8, 4) is 11.3 Å². The summed E-state index contributed by atoms with van der Waals surface area (Å²) in [5, 5.41) is 0. The van der Waals surface area contributed by atoms with Gasteiger partial charge in [0.05, 0.1) is 12.0 Å². The standard InChI is InChI=1S/C17H22N2S/c1-11(2)14-15(18-10-19-16(14)20)12-6-8-13(9-7-12)17(3,4)5/h6-11H,1-5H3,(H,18,19,20). The lowest BCUT2D eigenvalue weighted by Crippen LogP contribution is -2.10. The van der Waals surface area contributed by atoms with Gasteiger partial charge in [-0.1, -0.05) is 71.1 Å². The molecule has 1 N–H and O–H groups in total. The molecule has 2 nitrogen and oxygen atoms in total. The van der Waals surface area contributed by atoms with Gasteiger partial charge in [-0.25, -0.2) is 4.98 Å². The highest BCUT2D eigenvalue weighted by molar-refractivity contribution is 7.71. The SMILES string of the molecule is CC(C)c1c(-c2ccc(C(C)(C)C)cc2)[nH]cnc1=S.